The van der Waals surface area contributed by atoms with Gasteiger partial charge in [0.2, 0.25) is 11.8 Å². The second-order valence-corrected chi connectivity index (χ2v) is 10.2. The number of aromatic amines is 1. The summed E-state index contributed by atoms with van der Waals surface area (Å²) in [6.45, 7) is 5.05. The molecule has 2 aromatic carbocycles. The van der Waals surface area contributed by atoms with Gasteiger partial charge < -0.3 is 9.88 Å². The number of benzene rings is 2. The average Bonchev–Trinajstić information content (AvgIpc) is 3.36. The molecule has 186 valence electrons. The molecule has 3 aliphatic rings. The fraction of sp³-hybridized carbons (Fsp3) is 0.393. The molecule has 4 heterocycles. The molecule has 3 amide bonds. The van der Waals surface area contributed by atoms with Crippen molar-refractivity contribution in [3.63, 3.8) is 0 Å². The summed E-state index contributed by atoms with van der Waals surface area (Å²) < 4.78 is 14.6. The van der Waals surface area contributed by atoms with Gasteiger partial charge in [-0.1, -0.05) is 18.2 Å². The molecule has 0 aliphatic carbocycles. The summed E-state index contributed by atoms with van der Waals surface area (Å²) >= 11 is 0. The van der Waals surface area contributed by atoms with Gasteiger partial charge in [0.25, 0.3) is 5.91 Å². The molecule has 3 aromatic rings. The number of piperidine rings is 2. The van der Waals surface area contributed by atoms with E-state index < -0.39 is 17.8 Å². The number of halogens is 1. The number of amides is 3. The van der Waals surface area contributed by atoms with E-state index in [0.717, 1.165) is 49.1 Å². The lowest BCUT2D eigenvalue weighted by Crippen LogP contribution is -2.52. The monoisotopic (exact) mass is 488 g/mol. The normalized spacial score (nSPS) is 21.3. The largest absolute Gasteiger partial charge is 0.357 e. The van der Waals surface area contributed by atoms with Crippen LogP contribution < -0.4 is 5.32 Å². The summed E-state index contributed by atoms with van der Waals surface area (Å²) in [7, 11) is 0. The summed E-state index contributed by atoms with van der Waals surface area (Å²) in [5.41, 5.74) is 5.73. The highest BCUT2D eigenvalue weighted by atomic mass is 19.1. The first-order valence-corrected chi connectivity index (χ1v) is 12.6. The number of likely N-dealkylation sites (tertiary alicyclic amines) is 1. The Morgan fingerprint density at radius 1 is 1.06 bits per heavy atom. The van der Waals surface area contributed by atoms with Crippen LogP contribution in [-0.4, -0.2) is 51.6 Å². The molecule has 3 aliphatic heterocycles. The molecule has 1 aromatic heterocycles. The highest BCUT2D eigenvalue weighted by molar-refractivity contribution is 6.05. The van der Waals surface area contributed by atoms with Crippen LogP contribution in [0.4, 0.5) is 4.39 Å². The van der Waals surface area contributed by atoms with Crippen LogP contribution in [0.15, 0.2) is 36.4 Å². The zero-order valence-corrected chi connectivity index (χ0v) is 20.3. The van der Waals surface area contributed by atoms with E-state index in [-0.39, 0.29) is 30.7 Å². The summed E-state index contributed by atoms with van der Waals surface area (Å²) in [4.78, 5) is 44.6. The summed E-state index contributed by atoms with van der Waals surface area (Å²) in [6.07, 6.45) is 2.25. The van der Waals surface area contributed by atoms with Crippen molar-refractivity contribution < 1.29 is 18.8 Å². The van der Waals surface area contributed by atoms with Crippen molar-refractivity contribution in [2.24, 2.45) is 0 Å². The third kappa shape index (κ3) is 3.89. The Balaban J connectivity index is 1.18. The van der Waals surface area contributed by atoms with Gasteiger partial charge in [0, 0.05) is 41.7 Å². The van der Waals surface area contributed by atoms with Gasteiger partial charge in [-0.3, -0.25) is 24.6 Å². The van der Waals surface area contributed by atoms with Crippen molar-refractivity contribution in [3.8, 4) is 0 Å². The number of imide groups is 1. The topological polar surface area (TPSA) is 85.5 Å². The predicted octanol–water partition coefficient (Wildman–Crippen LogP) is 3.76. The first kappa shape index (κ1) is 22.9. The lowest BCUT2D eigenvalue weighted by atomic mass is 9.85. The molecule has 1 unspecified atom stereocenters. The number of hydrogen-bond acceptors (Lipinski definition) is 4. The zero-order chi connectivity index (χ0) is 25.0. The highest BCUT2D eigenvalue weighted by Gasteiger charge is 2.41. The first-order valence-electron chi connectivity index (χ1n) is 12.6. The van der Waals surface area contributed by atoms with Crippen LogP contribution in [0.5, 0.6) is 0 Å². The third-order valence-electron chi connectivity index (χ3n) is 8.13. The van der Waals surface area contributed by atoms with Gasteiger partial charge in [0.05, 0.1) is 0 Å². The molecule has 1 atom stereocenters. The van der Waals surface area contributed by atoms with Crippen molar-refractivity contribution in [1.29, 1.82) is 0 Å². The van der Waals surface area contributed by atoms with E-state index in [0.29, 0.717) is 12.0 Å². The molecule has 0 bridgehead atoms. The number of nitrogens with zero attached hydrogens (tertiary/aromatic N) is 2. The number of H-pyrrole nitrogens is 1. The minimum atomic E-state index is -0.695. The maximum Gasteiger partial charge on any atom is 0.255 e. The molecule has 8 heteroatoms. The molecule has 7 nitrogen and oxygen atoms in total. The van der Waals surface area contributed by atoms with E-state index in [9.17, 15) is 18.8 Å². The Morgan fingerprint density at radius 3 is 2.58 bits per heavy atom. The minimum Gasteiger partial charge on any atom is -0.357 e. The second kappa shape index (κ2) is 8.85. The number of hydrogen-bond donors (Lipinski definition) is 2. The zero-order valence-electron chi connectivity index (χ0n) is 20.3. The number of carbonyl (C=O) groups is 3. The van der Waals surface area contributed by atoms with E-state index in [1.807, 2.05) is 6.07 Å². The summed E-state index contributed by atoms with van der Waals surface area (Å²) in [5.74, 6) is -1.36. The Kier molecular flexibility index (Phi) is 5.63. The fourth-order valence-electron chi connectivity index (χ4n) is 6.14. The Labute approximate surface area is 208 Å². The molecular formula is C28H29FN4O3. The second-order valence-electron chi connectivity index (χ2n) is 10.2. The number of fused-ring (bicyclic) bond motifs is 2. The molecule has 36 heavy (non-hydrogen) atoms. The lowest BCUT2D eigenvalue weighted by Gasteiger charge is -2.33. The van der Waals surface area contributed by atoms with Crippen LogP contribution in [0.2, 0.25) is 0 Å². The van der Waals surface area contributed by atoms with E-state index in [2.05, 4.69) is 40.3 Å². The quantitative estimate of drug-likeness (QED) is 0.548. The molecule has 0 saturated carbocycles. The third-order valence-corrected chi connectivity index (χ3v) is 8.13. The fourth-order valence-corrected chi connectivity index (χ4v) is 6.14. The van der Waals surface area contributed by atoms with Crippen molar-refractivity contribution in [2.45, 2.75) is 57.7 Å². The predicted molar refractivity (Wildman–Crippen MR) is 133 cm³/mol. The molecule has 2 saturated heterocycles. The van der Waals surface area contributed by atoms with Gasteiger partial charge in [-0.05, 0) is 80.1 Å². The van der Waals surface area contributed by atoms with Gasteiger partial charge >= 0.3 is 0 Å². The van der Waals surface area contributed by atoms with Gasteiger partial charge in [-0.2, -0.15) is 0 Å². The van der Waals surface area contributed by atoms with Crippen molar-refractivity contribution in [1.82, 2.24) is 20.1 Å². The number of aromatic nitrogens is 1. The summed E-state index contributed by atoms with van der Waals surface area (Å²) in [5, 5.41) is 3.58. The molecule has 6 rings (SSSR count). The number of aryl methyl sites for hydroxylation is 1. The van der Waals surface area contributed by atoms with Gasteiger partial charge in [-0.15, -0.1) is 0 Å². The van der Waals surface area contributed by atoms with E-state index in [1.54, 1.807) is 6.07 Å². The molecule has 0 radical (unpaired) electrons. The summed E-state index contributed by atoms with van der Waals surface area (Å²) in [6, 6.07) is 10.5. The van der Waals surface area contributed by atoms with Crippen LogP contribution in [0.1, 0.15) is 64.3 Å². The Morgan fingerprint density at radius 2 is 1.83 bits per heavy atom. The van der Waals surface area contributed by atoms with E-state index in [4.69, 9.17) is 0 Å². The number of para-hydroxylation sites is 1. The van der Waals surface area contributed by atoms with Crippen LogP contribution in [-0.2, 0) is 22.7 Å². The van der Waals surface area contributed by atoms with Crippen LogP contribution >= 0.6 is 0 Å². The number of rotatable bonds is 4. The molecular weight excluding hydrogens is 459 g/mol. The van der Waals surface area contributed by atoms with Crippen molar-refractivity contribution >= 4 is 28.6 Å². The van der Waals surface area contributed by atoms with Crippen LogP contribution in [0.3, 0.4) is 0 Å². The number of carbonyl (C=O) groups excluding carboxylic acids is 3. The van der Waals surface area contributed by atoms with E-state index >= 15 is 0 Å². The average molecular weight is 489 g/mol. The SMILES string of the molecule is Cc1c(CN2CCC(c3cc(F)cc4c3CN(C3CCC(=O)NC3=O)C4=O)CC2)[nH]c2ccccc12. The van der Waals surface area contributed by atoms with Crippen LogP contribution in [0, 0.1) is 12.7 Å². The van der Waals surface area contributed by atoms with Gasteiger partial charge in [0.15, 0.2) is 0 Å². The minimum absolute atomic E-state index is 0.157. The van der Waals surface area contributed by atoms with Crippen molar-refractivity contribution in [2.75, 3.05) is 13.1 Å². The Bertz CT molecular complexity index is 1390. The molecule has 0 spiro atoms. The van der Waals surface area contributed by atoms with Crippen molar-refractivity contribution in [3.05, 3.63) is 70.2 Å². The molecule has 2 fully saturated rings. The standard InChI is InChI=1S/C28H29FN4O3/c1-16-19-4-2-3-5-23(19)30-24(16)15-32-10-8-17(9-11-32)20-12-18(29)13-21-22(20)14-33(28(21)36)25-6-7-26(34)31-27(25)35/h2-5,12-13,17,25,30H,6-11,14-15H2,1H3,(H,31,34,35). The lowest BCUT2D eigenvalue weighted by molar-refractivity contribution is -0.136. The first-order chi connectivity index (χ1) is 17.4. The smallest absolute Gasteiger partial charge is 0.255 e. The van der Waals surface area contributed by atoms with Gasteiger partial charge in [-0.25, -0.2) is 4.39 Å². The van der Waals surface area contributed by atoms with Gasteiger partial charge in [0.1, 0.15) is 11.9 Å². The highest BCUT2D eigenvalue weighted by Crippen LogP contribution is 2.38. The Hall–Kier alpha value is -3.52. The maximum atomic E-state index is 14.6. The van der Waals surface area contributed by atoms with E-state index in [1.165, 1.54) is 27.6 Å². The maximum absolute atomic E-state index is 14.6. The van der Waals surface area contributed by atoms with Crippen LogP contribution in [0.25, 0.3) is 10.9 Å². The molecule has 2 N–H and O–H groups in total. The number of nitrogens with one attached hydrogen (secondary N) is 2.